The van der Waals surface area contributed by atoms with Crippen LogP contribution in [0.1, 0.15) is 16.4 Å². The molecule has 10 heteroatoms. The average molecular weight is 448 g/mol. The third kappa shape index (κ3) is 4.13. The first-order valence-corrected chi connectivity index (χ1v) is 12.0. The minimum Gasteiger partial charge on any atom is -0.497 e. The first kappa shape index (κ1) is 21.0. The summed E-state index contributed by atoms with van der Waals surface area (Å²) < 4.78 is 32.7. The number of piperazine rings is 1. The van der Waals surface area contributed by atoms with E-state index in [0.29, 0.717) is 42.5 Å². The van der Waals surface area contributed by atoms with Crippen molar-refractivity contribution >= 4 is 21.4 Å². The SMILES string of the molecule is COc1ccc(-c2csc(CN3CCN(S(=O)(=O)c4c(C)n[nH]c4C)CC3)n2)cc1. The topological polar surface area (TPSA) is 91.4 Å². The van der Waals surface area contributed by atoms with Crippen LogP contribution in [0.5, 0.6) is 5.75 Å². The van der Waals surface area contributed by atoms with Gasteiger partial charge in [0.15, 0.2) is 0 Å². The summed E-state index contributed by atoms with van der Waals surface area (Å²) in [6.45, 7) is 6.45. The van der Waals surface area contributed by atoms with Crippen molar-refractivity contribution in [3.8, 4) is 17.0 Å². The van der Waals surface area contributed by atoms with Gasteiger partial charge in [0.05, 0.1) is 30.7 Å². The summed E-state index contributed by atoms with van der Waals surface area (Å²) in [6.07, 6.45) is 0. The minimum atomic E-state index is -3.52. The molecule has 1 fully saturated rings. The van der Waals surface area contributed by atoms with Gasteiger partial charge in [-0.2, -0.15) is 9.40 Å². The molecule has 0 radical (unpaired) electrons. The van der Waals surface area contributed by atoms with E-state index in [2.05, 4.69) is 20.5 Å². The summed E-state index contributed by atoms with van der Waals surface area (Å²) in [6, 6.07) is 7.86. The van der Waals surface area contributed by atoms with Crippen molar-refractivity contribution in [1.82, 2.24) is 24.4 Å². The van der Waals surface area contributed by atoms with Gasteiger partial charge in [0.25, 0.3) is 0 Å². The van der Waals surface area contributed by atoms with Crippen LogP contribution in [0, 0.1) is 13.8 Å². The van der Waals surface area contributed by atoms with Crippen LogP contribution >= 0.6 is 11.3 Å². The Morgan fingerprint density at radius 3 is 2.43 bits per heavy atom. The Morgan fingerprint density at radius 2 is 1.83 bits per heavy atom. The van der Waals surface area contributed by atoms with Crippen molar-refractivity contribution in [2.24, 2.45) is 0 Å². The van der Waals surface area contributed by atoms with Crippen LogP contribution in [-0.4, -0.2) is 66.1 Å². The van der Waals surface area contributed by atoms with Gasteiger partial charge in [-0.05, 0) is 38.1 Å². The molecule has 2 aromatic heterocycles. The van der Waals surface area contributed by atoms with E-state index in [1.165, 1.54) is 0 Å². The van der Waals surface area contributed by atoms with E-state index in [1.807, 2.05) is 24.3 Å². The molecule has 4 rings (SSSR count). The van der Waals surface area contributed by atoms with Crippen LogP contribution < -0.4 is 4.74 Å². The van der Waals surface area contributed by atoms with Gasteiger partial charge < -0.3 is 4.74 Å². The highest BCUT2D eigenvalue weighted by molar-refractivity contribution is 7.89. The number of aromatic amines is 1. The van der Waals surface area contributed by atoms with E-state index in [-0.39, 0.29) is 0 Å². The van der Waals surface area contributed by atoms with Crippen molar-refractivity contribution in [1.29, 1.82) is 0 Å². The lowest BCUT2D eigenvalue weighted by Gasteiger charge is -2.33. The molecule has 1 aliphatic rings. The molecule has 160 valence electrons. The molecule has 0 spiro atoms. The fourth-order valence-corrected chi connectivity index (χ4v) is 6.25. The normalized spacial score (nSPS) is 16.1. The Hall–Kier alpha value is -2.27. The molecular weight excluding hydrogens is 422 g/mol. The van der Waals surface area contributed by atoms with Crippen molar-refractivity contribution in [3.05, 3.63) is 46.0 Å². The molecule has 8 nitrogen and oxygen atoms in total. The maximum Gasteiger partial charge on any atom is 0.246 e. The Labute approximate surface area is 180 Å². The molecule has 0 aliphatic carbocycles. The number of rotatable bonds is 6. The summed E-state index contributed by atoms with van der Waals surface area (Å²) in [5.74, 6) is 0.822. The third-order valence-corrected chi connectivity index (χ3v) is 8.28. The zero-order valence-corrected chi connectivity index (χ0v) is 18.9. The number of nitrogens with zero attached hydrogens (tertiary/aromatic N) is 4. The highest BCUT2D eigenvalue weighted by atomic mass is 32.2. The molecule has 3 heterocycles. The second-order valence-electron chi connectivity index (χ2n) is 7.30. The molecule has 1 saturated heterocycles. The smallest absolute Gasteiger partial charge is 0.246 e. The first-order valence-electron chi connectivity index (χ1n) is 9.71. The Kier molecular flexibility index (Phi) is 5.92. The molecule has 0 unspecified atom stereocenters. The zero-order chi connectivity index (χ0) is 21.3. The van der Waals surface area contributed by atoms with Gasteiger partial charge >= 0.3 is 0 Å². The fourth-order valence-electron chi connectivity index (χ4n) is 3.65. The number of thiazole rings is 1. The quantitative estimate of drug-likeness (QED) is 0.625. The number of hydrogen-bond acceptors (Lipinski definition) is 7. The number of ether oxygens (including phenoxy) is 1. The fraction of sp³-hybridized carbons (Fsp3) is 0.400. The van der Waals surface area contributed by atoms with Gasteiger partial charge in [0.2, 0.25) is 10.0 Å². The highest BCUT2D eigenvalue weighted by Gasteiger charge is 2.32. The lowest BCUT2D eigenvalue weighted by atomic mass is 10.2. The lowest BCUT2D eigenvalue weighted by Crippen LogP contribution is -2.48. The maximum atomic E-state index is 13.0. The van der Waals surface area contributed by atoms with E-state index in [0.717, 1.165) is 28.6 Å². The van der Waals surface area contributed by atoms with Crippen LogP contribution in [0.4, 0.5) is 0 Å². The summed E-state index contributed by atoms with van der Waals surface area (Å²) in [5.41, 5.74) is 3.11. The van der Waals surface area contributed by atoms with E-state index >= 15 is 0 Å². The van der Waals surface area contributed by atoms with Crippen molar-refractivity contribution in [3.63, 3.8) is 0 Å². The highest BCUT2D eigenvalue weighted by Crippen LogP contribution is 2.26. The van der Waals surface area contributed by atoms with Crippen molar-refractivity contribution < 1.29 is 13.2 Å². The summed E-state index contributed by atoms with van der Waals surface area (Å²) in [5, 5.41) is 9.88. The molecule has 3 aromatic rings. The van der Waals surface area contributed by atoms with Crippen molar-refractivity contribution in [2.75, 3.05) is 33.3 Å². The molecular formula is C20H25N5O3S2. The van der Waals surface area contributed by atoms with Gasteiger partial charge in [0.1, 0.15) is 15.7 Å². The van der Waals surface area contributed by atoms with E-state index in [9.17, 15) is 8.42 Å². The van der Waals surface area contributed by atoms with Gasteiger partial charge in [-0.3, -0.25) is 10.00 Å². The largest absolute Gasteiger partial charge is 0.497 e. The van der Waals surface area contributed by atoms with Crippen LogP contribution in [0.2, 0.25) is 0 Å². The van der Waals surface area contributed by atoms with E-state index < -0.39 is 10.0 Å². The third-order valence-electron chi connectivity index (χ3n) is 5.29. The van der Waals surface area contributed by atoms with Gasteiger partial charge in [-0.1, -0.05) is 0 Å². The lowest BCUT2D eigenvalue weighted by molar-refractivity contribution is 0.181. The monoisotopic (exact) mass is 447 g/mol. The second-order valence-corrected chi connectivity index (χ2v) is 10.1. The van der Waals surface area contributed by atoms with Crippen LogP contribution in [-0.2, 0) is 16.6 Å². The van der Waals surface area contributed by atoms with Crippen LogP contribution in [0.15, 0.2) is 34.5 Å². The van der Waals surface area contributed by atoms with Gasteiger partial charge in [-0.15, -0.1) is 11.3 Å². The number of hydrogen-bond donors (Lipinski definition) is 1. The molecule has 30 heavy (non-hydrogen) atoms. The number of H-pyrrole nitrogens is 1. The number of benzene rings is 1. The van der Waals surface area contributed by atoms with Crippen LogP contribution in [0.3, 0.4) is 0 Å². The molecule has 0 atom stereocenters. The van der Waals surface area contributed by atoms with E-state index in [4.69, 9.17) is 9.72 Å². The van der Waals surface area contributed by atoms with Gasteiger partial charge in [-0.25, -0.2) is 13.4 Å². The first-order chi connectivity index (χ1) is 14.4. The average Bonchev–Trinajstić information content (AvgIpc) is 3.35. The standard InChI is InChI=1S/C20H25N5O3S2/c1-14-20(15(2)23-22-14)30(26,27)25-10-8-24(9-11-25)12-19-21-18(13-29-19)16-4-6-17(28-3)7-5-16/h4-7,13H,8-12H2,1-3H3,(H,22,23). The number of aromatic nitrogens is 3. The molecule has 0 saturated carbocycles. The number of aryl methyl sites for hydroxylation is 2. The number of sulfonamides is 1. The zero-order valence-electron chi connectivity index (χ0n) is 17.3. The summed E-state index contributed by atoms with van der Waals surface area (Å²) in [7, 11) is -1.87. The molecule has 1 N–H and O–H groups in total. The summed E-state index contributed by atoms with van der Waals surface area (Å²) >= 11 is 1.63. The number of methoxy groups -OCH3 is 1. The van der Waals surface area contributed by atoms with Crippen molar-refractivity contribution in [2.45, 2.75) is 25.3 Å². The predicted octanol–water partition coefficient (Wildman–Crippen LogP) is 2.67. The molecule has 0 bridgehead atoms. The molecule has 1 aromatic carbocycles. The maximum absolute atomic E-state index is 13.0. The predicted molar refractivity (Wildman–Crippen MR) is 116 cm³/mol. The molecule has 0 amide bonds. The Morgan fingerprint density at radius 1 is 1.13 bits per heavy atom. The summed E-state index contributed by atoms with van der Waals surface area (Å²) in [4.78, 5) is 7.31. The Bertz CT molecular complexity index is 1090. The molecule has 1 aliphatic heterocycles. The van der Waals surface area contributed by atoms with E-state index in [1.54, 1.807) is 36.6 Å². The minimum absolute atomic E-state index is 0.306. The number of nitrogens with one attached hydrogen (secondary N) is 1. The second kappa shape index (κ2) is 8.46. The Balaban J connectivity index is 1.38. The van der Waals surface area contributed by atoms with Crippen LogP contribution in [0.25, 0.3) is 11.3 Å². The van der Waals surface area contributed by atoms with Gasteiger partial charge in [0, 0.05) is 37.1 Å².